The largest absolute Gasteiger partial charge is 0.493 e. The summed E-state index contributed by atoms with van der Waals surface area (Å²) in [5.41, 5.74) is 7.09. The van der Waals surface area contributed by atoms with Gasteiger partial charge < -0.3 is 20.5 Å². The number of anilines is 1. The summed E-state index contributed by atoms with van der Waals surface area (Å²) in [5.74, 6) is 1.56. The molecule has 4 nitrogen and oxygen atoms in total. The van der Waals surface area contributed by atoms with Crippen molar-refractivity contribution in [1.29, 1.82) is 0 Å². The minimum absolute atomic E-state index is 0.330. The van der Waals surface area contributed by atoms with Crippen LogP contribution in [-0.4, -0.2) is 25.8 Å². The summed E-state index contributed by atoms with van der Waals surface area (Å²) >= 11 is 0. The second-order valence-electron chi connectivity index (χ2n) is 5.07. The Bertz CT molecular complexity index is 409. The smallest absolute Gasteiger partial charge is 0.163 e. The molecule has 1 aromatic rings. The van der Waals surface area contributed by atoms with Gasteiger partial charge in [-0.1, -0.05) is 0 Å². The first kappa shape index (κ1) is 14.0. The van der Waals surface area contributed by atoms with Crippen LogP contribution < -0.4 is 20.5 Å². The second kappa shape index (κ2) is 6.66. The van der Waals surface area contributed by atoms with Crippen LogP contribution in [0.2, 0.25) is 0 Å². The molecule has 19 heavy (non-hydrogen) atoms. The van der Waals surface area contributed by atoms with Gasteiger partial charge in [0.25, 0.3) is 0 Å². The van der Waals surface area contributed by atoms with Gasteiger partial charge in [0.2, 0.25) is 0 Å². The van der Waals surface area contributed by atoms with Crippen LogP contribution in [0.4, 0.5) is 5.69 Å². The fourth-order valence-electron chi connectivity index (χ4n) is 2.63. The number of rotatable bonds is 5. The van der Waals surface area contributed by atoms with Gasteiger partial charge in [0.1, 0.15) is 0 Å². The van der Waals surface area contributed by atoms with Gasteiger partial charge in [0.15, 0.2) is 11.5 Å². The van der Waals surface area contributed by atoms with Gasteiger partial charge >= 0.3 is 0 Å². The van der Waals surface area contributed by atoms with Crippen LogP contribution in [0.25, 0.3) is 0 Å². The van der Waals surface area contributed by atoms with Gasteiger partial charge in [0, 0.05) is 23.8 Å². The Morgan fingerprint density at radius 2 is 2.16 bits per heavy atom. The molecule has 0 aromatic heterocycles. The molecule has 2 unspecified atom stereocenters. The number of hydrogen-bond donors (Lipinski definition) is 2. The van der Waals surface area contributed by atoms with Gasteiger partial charge in [-0.15, -0.1) is 0 Å². The molecule has 0 bridgehead atoms. The van der Waals surface area contributed by atoms with Gasteiger partial charge in [-0.25, -0.2) is 0 Å². The first-order chi connectivity index (χ1) is 9.22. The molecule has 1 aliphatic rings. The maximum absolute atomic E-state index is 6.02. The van der Waals surface area contributed by atoms with E-state index >= 15 is 0 Å². The van der Waals surface area contributed by atoms with Crippen molar-refractivity contribution in [2.24, 2.45) is 5.73 Å². The molecule has 0 amide bonds. The van der Waals surface area contributed by atoms with E-state index < -0.39 is 0 Å². The highest BCUT2D eigenvalue weighted by Crippen LogP contribution is 2.31. The molecule has 1 aliphatic carbocycles. The molecule has 0 radical (unpaired) electrons. The van der Waals surface area contributed by atoms with Crippen molar-refractivity contribution in [1.82, 2.24) is 0 Å². The fraction of sp³-hybridized carbons (Fsp3) is 0.600. The summed E-state index contributed by atoms with van der Waals surface area (Å²) in [6, 6.07) is 6.77. The molecule has 2 atom stereocenters. The van der Waals surface area contributed by atoms with Crippen molar-refractivity contribution < 1.29 is 9.47 Å². The number of nitrogens with two attached hydrogens (primary N) is 1. The predicted octanol–water partition coefficient (Wildman–Crippen LogP) is 2.78. The van der Waals surface area contributed by atoms with Crippen molar-refractivity contribution >= 4 is 5.69 Å². The molecular weight excluding hydrogens is 240 g/mol. The Morgan fingerprint density at radius 1 is 1.32 bits per heavy atom. The van der Waals surface area contributed by atoms with Crippen LogP contribution in [0.3, 0.4) is 0 Å². The third-order valence-electron chi connectivity index (χ3n) is 3.55. The zero-order valence-corrected chi connectivity index (χ0v) is 11.8. The zero-order valence-electron chi connectivity index (χ0n) is 11.8. The van der Waals surface area contributed by atoms with Gasteiger partial charge in [0.05, 0.1) is 13.7 Å². The molecule has 106 valence electrons. The quantitative estimate of drug-likeness (QED) is 0.858. The van der Waals surface area contributed by atoms with E-state index in [1.54, 1.807) is 7.11 Å². The van der Waals surface area contributed by atoms with E-state index in [4.69, 9.17) is 15.2 Å². The van der Waals surface area contributed by atoms with Crippen molar-refractivity contribution in [2.75, 3.05) is 19.0 Å². The maximum atomic E-state index is 6.02. The lowest BCUT2D eigenvalue weighted by Crippen LogP contribution is -2.34. The third kappa shape index (κ3) is 3.77. The first-order valence-corrected chi connectivity index (χ1v) is 7.06. The average molecular weight is 264 g/mol. The third-order valence-corrected chi connectivity index (χ3v) is 3.55. The summed E-state index contributed by atoms with van der Waals surface area (Å²) < 4.78 is 10.9. The molecule has 1 saturated carbocycles. The van der Waals surface area contributed by atoms with Gasteiger partial charge in [-0.05, 0) is 44.7 Å². The summed E-state index contributed by atoms with van der Waals surface area (Å²) in [6.45, 7) is 2.60. The van der Waals surface area contributed by atoms with Crippen molar-refractivity contribution in [2.45, 2.75) is 44.7 Å². The fourth-order valence-corrected chi connectivity index (χ4v) is 2.63. The Hall–Kier alpha value is -1.42. The minimum atomic E-state index is 0.330. The molecule has 1 fully saturated rings. The van der Waals surface area contributed by atoms with E-state index in [1.807, 2.05) is 25.1 Å². The number of methoxy groups -OCH3 is 1. The standard InChI is InChI=1S/C15H24N2O2/c1-3-19-15-10-13(7-8-14(15)18-2)17-12-6-4-5-11(16)9-12/h7-8,10-12,17H,3-6,9,16H2,1-2H3. The highest BCUT2D eigenvalue weighted by Gasteiger charge is 2.19. The van der Waals surface area contributed by atoms with Gasteiger partial charge in [-0.3, -0.25) is 0 Å². The lowest BCUT2D eigenvalue weighted by molar-refractivity contribution is 0.311. The van der Waals surface area contributed by atoms with Crippen LogP contribution in [-0.2, 0) is 0 Å². The average Bonchev–Trinajstić information content (AvgIpc) is 2.39. The Balaban J connectivity index is 2.05. The highest BCUT2D eigenvalue weighted by molar-refractivity contribution is 5.55. The van der Waals surface area contributed by atoms with Crippen LogP contribution in [0.15, 0.2) is 18.2 Å². The van der Waals surface area contributed by atoms with Crippen molar-refractivity contribution in [3.05, 3.63) is 18.2 Å². The van der Waals surface area contributed by atoms with E-state index in [0.29, 0.717) is 18.7 Å². The molecule has 0 aliphatic heterocycles. The summed E-state index contributed by atoms with van der Waals surface area (Å²) in [7, 11) is 1.66. The van der Waals surface area contributed by atoms with Crippen LogP contribution in [0.5, 0.6) is 11.5 Å². The van der Waals surface area contributed by atoms with Gasteiger partial charge in [-0.2, -0.15) is 0 Å². The molecule has 0 saturated heterocycles. The monoisotopic (exact) mass is 264 g/mol. The molecule has 0 heterocycles. The van der Waals surface area contributed by atoms with Crippen molar-refractivity contribution in [3.8, 4) is 11.5 Å². The van der Waals surface area contributed by atoms with E-state index in [1.165, 1.54) is 12.8 Å². The lowest BCUT2D eigenvalue weighted by atomic mass is 9.91. The highest BCUT2D eigenvalue weighted by atomic mass is 16.5. The van der Waals surface area contributed by atoms with Crippen molar-refractivity contribution in [3.63, 3.8) is 0 Å². The number of hydrogen-bond acceptors (Lipinski definition) is 4. The lowest BCUT2D eigenvalue weighted by Gasteiger charge is -2.28. The Labute approximate surface area is 115 Å². The molecule has 0 spiro atoms. The van der Waals surface area contributed by atoms with Crippen LogP contribution in [0.1, 0.15) is 32.6 Å². The summed E-state index contributed by atoms with van der Waals surface area (Å²) in [6.07, 6.45) is 4.57. The van der Waals surface area contributed by atoms with Crippen LogP contribution >= 0.6 is 0 Å². The molecule has 4 heteroatoms. The van der Waals surface area contributed by atoms with Crippen LogP contribution in [0, 0.1) is 0 Å². The zero-order chi connectivity index (χ0) is 13.7. The molecule has 2 rings (SSSR count). The topological polar surface area (TPSA) is 56.5 Å². The van der Waals surface area contributed by atoms with E-state index in [2.05, 4.69) is 5.32 Å². The Kier molecular flexibility index (Phi) is 4.91. The normalized spacial score (nSPS) is 22.9. The number of nitrogens with one attached hydrogen (secondary N) is 1. The maximum Gasteiger partial charge on any atom is 0.163 e. The number of benzene rings is 1. The molecular formula is C15H24N2O2. The minimum Gasteiger partial charge on any atom is -0.493 e. The van der Waals surface area contributed by atoms with E-state index in [9.17, 15) is 0 Å². The summed E-state index contributed by atoms with van der Waals surface area (Å²) in [5, 5.41) is 3.55. The van der Waals surface area contributed by atoms with E-state index in [0.717, 1.165) is 30.0 Å². The SMILES string of the molecule is CCOc1cc(NC2CCCC(N)C2)ccc1OC. The Morgan fingerprint density at radius 3 is 2.84 bits per heavy atom. The predicted molar refractivity (Wildman–Crippen MR) is 78.0 cm³/mol. The molecule has 1 aromatic carbocycles. The first-order valence-electron chi connectivity index (χ1n) is 7.06. The second-order valence-corrected chi connectivity index (χ2v) is 5.07. The summed E-state index contributed by atoms with van der Waals surface area (Å²) in [4.78, 5) is 0. The molecule has 3 N–H and O–H groups in total. The van der Waals surface area contributed by atoms with E-state index in [-0.39, 0.29) is 0 Å². The number of ether oxygens (including phenoxy) is 2.